The van der Waals surface area contributed by atoms with E-state index in [9.17, 15) is 13.2 Å². The molecule has 3 aromatic rings. The molecule has 2 N–H and O–H groups in total. The largest absolute Gasteiger partial charge is 0.360 e. The molecule has 0 amide bonds. The average Bonchev–Trinajstić information content (AvgIpc) is 3.17. The summed E-state index contributed by atoms with van der Waals surface area (Å²) in [6.07, 6.45) is 3.69. The van der Waals surface area contributed by atoms with Gasteiger partial charge in [0.1, 0.15) is 0 Å². The van der Waals surface area contributed by atoms with E-state index in [0.29, 0.717) is 25.2 Å². The topological polar surface area (TPSA) is 82.3 Å². The Morgan fingerprint density at radius 2 is 1.93 bits per heavy atom. The Balaban J connectivity index is 1.35. The SMILES string of the molecule is Cc1ccc(S(=O)(=O)NCC2CCCN(CC(=O)c3c[nH]c4ccccc34)C2)cc1. The van der Waals surface area contributed by atoms with Crippen LogP contribution in [0.25, 0.3) is 10.9 Å². The molecule has 1 fully saturated rings. The number of para-hydroxylation sites is 1. The fourth-order valence-electron chi connectivity index (χ4n) is 4.08. The maximum absolute atomic E-state index is 12.9. The Kier molecular flexibility index (Phi) is 6.04. The fourth-order valence-corrected chi connectivity index (χ4v) is 5.20. The highest BCUT2D eigenvalue weighted by molar-refractivity contribution is 7.89. The molecule has 1 aliphatic heterocycles. The van der Waals surface area contributed by atoms with E-state index in [-0.39, 0.29) is 16.6 Å². The van der Waals surface area contributed by atoms with Gasteiger partial charge in [0.15, 0.2) is 5.78 Å². The number of hydrogen-bond donors (Lipinski definition) is 2. The molecular formula is C23H27N3O3S. The van der Waals surface area contributed by atoms with Gasteiger partial charge < -0.3 is 4.98 Å². The molecule has 1 saturated heterocycles. The van der Waals surface area contributed by atoms with E-state index in [2.05, 4.69) is 14.6 Å². The number of nitrogens with zero attached hydrogens (tertiary/aromatic N) is 1. The number of nitrogens with one attached hydrogen (secondary N) is 2. The lowest BCUT2D eigenvalue weighted by Gasteiger charge is -2.32. The highest BCUT2D eigenvalue weighted by Crippen LogP contribution is 2.21. The highest BCUT2D eigenvalue weighted by Gasteiger charge is 2.24. The second-order valence-corrected chi connectivity index (χ2v) is 9.85. The zero-order valence-electron chi connectivity index (χ0n) is 17.1. The summed E-state index contributed by atoms with van der Waals surface area (Å²) in [5, 5.41) is 0.946. The minimum Gasteiger partial charge on any atom is -0.360 e. The van der Waals surface area contributed by atoms with E-state index in [1.165, 1.54) is 0 Å². The maximum Gasteiger partial charge on any atom is 0.240 e. The molecule has 4 rings (SSSR count). The van der Waals surface area contributed by atoms with Crippen LogP contribution in [0.2, 0.25) is 0 Å². The van der Waals surface area contributed by atoms with Crippen LogP contribution in [0.1, 0.15) is 28.8 Å². The van der Waals surface area contributed by atoms with Gasteiger partial charge in [-0.1, -0.05) is 35.9 Å². The predicted molar refractivity (Wildman–Crippen MR) is 118 cm³/mol. The number of fused-ring (bicyclic) bond motifs is 1. The minimum atomic E-state index is -3.52. The van der Waals surface area contributed by atoms with Crippen LogP contribution in [0.4, 0.5) is 0 Å². The van der Waals surface area contributed by atoms with E-state index in [0.717, 1.165) is 35.9 Å². The molecule has 0 radical (unpaired) electrons. The molecular weight excluding hydrogens is 398 g/mol. The number of aryl methyl sites for hydroxylation is 1. The van der Waals surface area contributed by atoms with Gasteiger partial charge in [0, 0.05) is 35.8 Å². The number of Topliss-reactive ketones (excluding diaryl/α,β-unsaturated/α-hetero) is 1. The number of sulfonamides is 1. The van der Waals surface area contributed by atoms with Gasteiger partial charge >= 0.3 is 0 Å². The quantitative estimate of drug-likeness (QED) is 0.569. The molecule has 158 valence electrons. The molecule has 2 aromatic carbocycles. The van der Waals surface area contributed by atoms with Gasteiger partial charge in [0.05, 0.1) is 11.4 Å². The van der Waals surface area contributed by atoms with Crippen molar-refractivity contribution >= 4 is 26.7 Å². The lowest BCUT2D eigenvalue weighted by molar-refractivity contribution is 0.0889. The summed E-state index contributed by atoms with van der Waals surface area (Å²) in [5.74, 6) is 0.281. The number of H-pyrrole nitrogens is 1. The summed E-state index contributed by atoms with van der Waals surface area (Å²) in [4.78, 5) is 18.4. The monoisotopic (exact) mass is 425 g/mol. The van der Waals surface area contributed by atoms with Crippen molar-refractivity contribution in [1.29, 1.82) is 0 Å². The first-order valence-corrected chi connectivity index (χ1v) is 11.8. The molecule has 0 bridgehead atoms. The Morgan fingerprint density at radius 1 is 1.17 bits per heavy atom. The van der Waals surface area contributed by atoms with E-state index in [1.807, 2.05) is 31.2 Å². The molecule has 1 aliphatic rings. The van der Waals surface area contributed by atoms with Gasteiger partial charge in [-0.05, 0) is 50.4 Å². The number of benzene rings is 2. The van der Waals surface area contributed by atoms with E-state index < -0.39 is 10.0 Å². The summed E-state index contributed by atoms with van der Waals surface area (Å²) in [7, 11) is -3.52. The van der Waals surface area contributed by atoms with E-state index >= 15 is 0 Å². The van der Waals surface area contributed by atoms with Crippen molar-refractivity contribution in [2.75, 3.05) is 26.2 Å². The van der Waals surface area contributed by atoms with E-state index in [1.54, 1.807) is 30.5 Å². The zero-order chi connectivity index (χ0) is 21.1. The van der Waals surface area contributed by atoms with Crippen molar-refractivity contribution in [3.63, 3.8) is 0 Å². The van der Waals surface area contributed by atoms with Crippen molar-refractivity contribution in [2.24, 2.45) is 5.92 Å². The minimum absolute atomic E-state index is 0.0911. The number of ketones is 1. The molecule has 0 aliphatic carbocycles. The fraction of sp³-hybridized carbons (Fsp3) is 0.348. The standard InChI is InChI=1S/C23H27N3O3S/c1-17-8-10-19(11-9-17)30(28,29)25-13-18-5-4-12-26(15-18)16-23(27)21-14-24-22-7-3-2-6-20(21)22/h2-3,6-11,14,18,24-25H,4-5,12-13,15-16H2,1H3. The van der Waals surface area contributed by atoms with Gasteiger partial charge in [-0.15, -0.1) is 0 Å². The molecule has 0 saturated carbocycles. The highest BCUT2D eigenvalue weighted by atomic mass is 32.2. The Bertz CT molecular complexity index is 1140. The number of likely N-dealkylation sites (tertiary alicyclic amines) is 1. The summed E-state index contributed by atoms with van der Waals surface area (Å²) in [5.41, 5.74) is 2.70. The third-order valence-electron chi connectivity index (χ3n) is 5.75. The Morgan fingerprint density at radius 3 is 2.73 bits per heavy atom. The second-order valence-electron chi connectivity index (χ2n) is 8.08. The number of piperidine rings is 1. The first-order chi connectivity index (χ1) is 14.4. The van der Waals surface area contributed by atoms with Crippen LogP contribution in [0.3, 0.4) is 0 Å². The number of carbonyl (C=O) groups excluding carboxylic acids is 1. The van der Waals surface area contributed by atoms with Crippen molar-refractivity contribution in [3.8, 4) is 0 Å². The number of aromatic nitrogens is 1. The van der Waals surface area contributed by atoms with Crippen LogP contribution >= 0.6 is 0 Å². The first-order valence-electron chi connectivity index (χ1n) is 10.3. The number of rotatable bonds is 7. The second kappa shape index (κ2) is 8.71. The zero-order valence-corrected chi connectivity index (χ0v) is 17.9. The van der Waals surface area contributed by atoms with Gasteiger partial charge in [0.25, 0.3) is 0 Å². The van der Waals surface area contributed by atoms with Gasteiger partial charge in [-0.25, -0.2) is 13.1 Å². The van der Waals surface area contributed by atoms with Crippen LogP contribution in [-0.2, 0) is 10.0 Å². The van der Waals surface area contributed by atoms with Gasteiger partial charge in [-0.2, -0.15) is 0 Å². The van der Waals surface area contributed by atoms with Crippen LogP contribution in [0, 0.1) is 12.8 Å². The van der Waals surface area contributed by atoms with Crippen molar-refractivity contribution < 1.29 is 13.2 Å². The molecule has 1 aromatic heterocycles. The summed E-state index contributed by atoms with van der Waals surface area (Å²) >= 11 is 0. The molecule has 7 heteroatoms. The Hall–Kier alpha value is -2.48. The lowest BCUT2D eigenvalue weighted by atomic mass is 9.97. The average molecular weight is 426 g/mol. The lowest BCUT2D eigenvalue weighted by Crippen LogP contribution is -2.42. The van der Waals surface area contributed by atoms with Gasteiger partial charge in [-0.3, -0.25) is 9.69 Å². The van der Waals surface area contributed by atoms with Crippen LogP contribution in [0.15, 0.2) is 59.6 Å². The number of aromatic amines is 1. The summed E-state index contributed by atoms with van der Waals surface area (Å²) in [6, 6.07) is 14.7. The predicted octanol–water partition coefficient (Wildman–Crippen LogP) is 3.35. The first kappa shape index (κ1) is 20.8. The van der Waals surface area contributed by atoms with Crippen LogP contribution in [0.5, 0.6) is 0 Å². The van der Waals surface area contributed by atoms with Crippen LogP contribution in [-0.4, -0.2) is 50.3 Å². The summed E-state index contributed by atoms with van der Waals surface area (Å²) < 4.78 is 27.8. The van der Waals surface area contributed by atoms with Gasteiger partial charge in [0.2, 0.25) is 10.0 Å². The summed E-state index contributed by atoms with van der Waals surface area (Å²) in [6.45, 7) is 4.23. The molecule has 0 spiro atoms. The number of carbonyl (C=O) groups is 1. The maximum atomic E-state index is 12.9. The molecule has 6 nitrogen and oxygen atoms in total. The normalized spacial score (nSPS) is 18.0. The molecule has 1 unspecified atom stereocenters. The third-order valence-corrected chi connectivity index (χ3v) is 7.19. The Labute approximate surface area is 177 Å². The third kappa shape index (κ3) is 4.64. The molecule has 1 atom stereocenters. The van der Waals surface area contributed by atoms with Crippen molar-refractivity contribution in [3.05, 3.63) is 65.9 Å². The van der Waals surface area contributed by atoms with Crippen molar-refractivity contribution in [2.45, 2.75) is 24.7 Å². The van der Waals surface area contributed by atoms with Crippen LogP contribution < -0.4 is 4.72 Å². The van der Waals surface area contributed by atoms with E-state index in [4.69, 9.17) is 0 Å². The molecule has 30 heavy (non-hydrogen) atoms. The number of hydrogen-bond acceptors (Lipinski definition) is 4. The molecule has 2 heterocycles. The van der Waals surface area contributed by atoms with Crippen molar-refractivity contribution in [1.82, 2.24) is 14.6 Å². The smallest absolute Gasteiger partial charge is 0.240 e.